The smallest absolute Gasteiger partial charge is 0.169 e. The Balaban J connectivity index is 0.000000774. The average Bonchev–Trinajstić information content (AvgIpc) is 2.90. The minimum Gasteiger partial charge on any atom is -0.296 e. The number of imidazole rings is 1. The number of aldehydes is 1. The lowest BCUT2D eigenvalue weighted by Crippen LogP contribution is -1.96. The summed E-state index contributed by atoms with van der Waals surface area (Å²) in [6.45, 7) is 8.01. The third-order valence-electron chi connectivity index (χ3n) is 3.31. The number of carbonyl (C=O) groups is 1. The van der Waals surface area contributed by atoms with Gasteiger partial charge in [-0.05, 0) is 26.0 Å². The molecule has 3 nitrogen and oxygen atoms in total. The second-order valence-corrected chi connectivity index (χ2v) is 4.69. The Labute approximate surface area is 125 Å². The van der Waals surface area contributed by atoms with Crippen molar-refractivity contribution in [3.05, 3.63) is 59.4 Å². The molecule has 2 aromatic heterocycles. The van der Waals surface area contributed by atoms with Gasteiger partial charge in [0.05, 0.1) is 0 Å². The highest BCUT2D eigenvalue weighted by atomic mass is 16.1. The molecule has 0 atom stereocenters. The van der Waals surface area contributed by atoms with E-state index < -0.39 is 0 Å². The first-order chi connectivity index (χ1) is 10.2. The van der Waals surface area contributed by atoms with E-state index in [2.05, 4.69) is 4.98 Å². The first-order valence-electron chi connectivity index (χ1n) is 7.21. The molecule has 0 spiro atoms. The zero-order valence-electron chi connectivity index (χ0n) is 12.9. The van der Waals surface area contributed by atoms with Gasteiger partial charge in [0.15, 0.2) is 6.29 Å². The Kier molecular flexibility index (Phi) is 4.53. The van der Waals surface area contributed by atoms with E-state index in [0.717, 1.165) is 28.9 Å². The van der Waals surface area contributed by atoms with Crippen molar-refractivity contribution in [3.8, 4) is 11.3 Å². The van der Waals surface area contributed by atoms with Crippen LogP contribution >= 0.6 is 0 Å². The van der Waals surface area contributed by atoms with Crippen LogP contribution in [0, 0.1) is 13.8 Å². The SMILES string of the molecule is CC.Cc1ccc(-c2nc3cccc(C)n3c2C=O)cc1. The van der Waals surface area contributed by atoms with E-state index >= 15 is 0 Å². The Bertz CT molecular complexity index is 755. The summed E-state index contributed by atoms with van der Waals surface area (Å²) in [4.78, 5) is 16.0. The van der Waals surface area contributed by atoms with E-state index in [4.69, 9.17) is 0 Å². The molecule has 0 unspecified atom stereocenters. The predicted molar refractivity (Wildman–Crippen MR) is 86.8 cm³/mol. The lowest BCUT2D eigenvalue weighted by Gasteiger charge is -2.01. The minimum absolute atomic E-state index is 0.608. The van der Waals surface area contributed by atoms with Gasteiger partial charge in [-0.15, -0.1) is 0 Å². The molecule has 0 aliphatic carbocycles. The number of hydrogen-bond acceptors (Lipinski definition) is 2. The molecule has 0 aliphatic heterocycles. The Morgan fingerprint density at radius 2 is 1.67 bits per heavy atom. The number of carbonyl (C=O) groups excluding carboxylic acids is 1. The van der Waals surface area contributed by atoms with Crippen molar-refractivity contribution in [2.24, 2.45) is 0 Å². The second-order valence-electron chi connectivity index (χ2n) is 4.69. The molecule has 108 valence electrons. The van der Waals surface area contributed by atoms with Gasteiger partial charge in [-0.25, -0.2) is 4.98 Å². The molecule has 2 heterocycles. The van der Waals surface area contributed by atoms with Crippen molar-refractivity contribution in [1.29, 1.82) is 0 Å². The van der Waals surface area contributed by atoms with E-state index in [-0.39, 0.29) is 0 Å². The van der Waals surface area contributed by atoms with Crippen molar-refractivity contribution >= 4 is 11.9 Å². The lowest BCUT2D eigenvalue weighted by molar-refractivity contribution is 0.111. The standard InChI is InChI=1S/C16H14N2O.C2H6/c1-11-6-8-13(9-7-11)16-14(10-19)18-12(2)4-3-5-15(18)17-16;1-2/h3-10H,1-2H3;1-2H3. The van der Waals surface area contributed by atoms with E-state index in [1.807, 2.05) is 74.6 Å². The molecule has 1 aromatic carbocycles. The van der Waals surface area contributed by atoms with Crippen LogP contribution in [0.15, 0.2) is 42.5 Å². The van der Waals surface area contributed by atoms with Crippen molar-refractivity contribution in [3.63, 3.8) is 0 Å². The third kappa shape index (κ3) is 2.72. The van der Waals surface area contributed by atoms with Crippen LogP contribution in [-0.4, -0.2) is 15.7 Å². The van der Waals surface area contributed by atoms with Crippen LogP contribution in [0.25, 0.3) is 16.9 Å². The summed E-state index contributed by atoms with van der Waals surface area (Å²) in [5.74, 6) is 0. The van der Waals surface area contributed by atoms with Gasteiger partial charge in [0.1, 0.15) is 17.0 Å². The highest BCUT2D eigenvalue weighted by molar-refractivity contribution is 5.86. The molecule has 3 heteroatoms. The van der Waals surface area contributed by atoms with E-state index in [1.165, 1.54) is 5.56 Å². The summed E-state index contributed by atoms with van der Waals surface area (Å²) in [5.41, 5.74) is 5.32. The maximum Gasteiger partial charge on any atom is 0.169 e. The minimum atomic E-state index is 0.608. The molecule has 3 rings (SSSR count). The van der Waals surface area contributed by atoms with Crippen molar-refractivity contribution in [2.75, 3.05) is 0 Å². The number of nitrogens with zero attached hydrogens (tertiary/aromatic N) is 2. The molecule has 0 saturated carbocycles. The molecular formula is C18H20N2O. The molecule has 0 aliphatic rings. The molecule has 0 N–H and O–H groups in total. The zero-order chi connectivity index (χ0) is 15.4. The number of hydrogen-bond donors (Lipinski definition) is 0. The highest BCUT2D eigenvalue weighted by Crippen LogP contribution is 2.24. The number of fused-ring (bicyclic) bond motifs is 1. The fourth-order valence-corrected chi connectivity index (χ4v) is 2.31. The number of benzene rings is 1. The summed E-state index contributed by atoms with van der Waals surface area (Å²) >= 11 is 0. The van der Waals surface area contributed by atoms with Crippen LogP contribution in [0.1, 0.15) is 35.6 Å². The zero-order valence-corrected chi connectivity index (χ0v) is 12.9. The second kappa shape index (κ2) is 6.35. The summed E-state index contributed by atoms with van der Waals surface area (Å²) in [7, 11) is 0. The maximum absolute atomic E-state index is 11.4. The van der Waals surface area contributed by atoms with Crippen molar-refractivity contribution in [2.45, 2.75) is 27.7 Å². The summed E-state index contributed by atoms with van der Waals surface area (Å²) in [5, 5.41) is 0. The predicted octanol–water partition coefficient (Wildman–Crippen LogP) is 4.46. The Morgan fingerprint density at radius 1 is 1.00 bits per heavy atom. The lowest BCUT2D eigenvalue weighted by atomic mass is 10.1. The molecule has 3 aromatic rings. The molecule has 0 radical (unpaired) electrons. The summed E-state index contributed by atoms with van der Waals surface area (Å²) in [6.07, 6.45) is 0.877. The monoisotopic (exact) mass is 280 g/mol. The fourth-order valence-electron chi connectivity index (χ4n) is 2.31. The van der Waals surface area contributed by atoms with Crippen LogP contribution in [0.2, 0.25) is 0 Å². The largest absolute Gasteiger partial charge is 0.296 e. The van der Waals surface area contributed by atoms with Gasteiger partial charge in [-0.2, -0.15) is 0 Å². The van der Waals surface area contributed by atoms with Gasteiger partial charge in [-0.3, -0.25) is 9.20 Å². The molecule has 0 fully saturated rings. The first kappa shape index (κ1) is 15.0. The molecule has 0 bridgehead atoms. The quantitative estimate of drug-likeness (QED) is 0.650. The number of rotatable bonds is 2. The van der Waals surface area contributed by atoms with E-state index in [0.29, 0.717) is 5.69 Å². The fraction of sp³-hybridized carbons (Fsp3) is 0.222. The van der Waals surface area contributed by atoms with Gasteiger partial charge < -0.3 is 0 Å². The number of pyridine rings is 1. The highest BCUT2D eigenvalue weighted by Gasteiger charge is 2.14. The molecule has 21 heavy (non-hydrogen) atoms. The number of aryl methyl sites for hydroxylation is 2. The van der Waals surface area contributed by atoms with Crippen LogP contribution in [0.5, 0.6) is 0 Å². The maximum atomic E-state index is 11.4. The molecule has 0 amide bonds. The van der Waals surface area contributed by atoms with Crippen LogP contribution in [0.4, 0.5) is 0 Å². The average molecular weight is 280 g/mol. The molecule has 0 saturated heterocycles. The normalized spacial score (nSPS) is 10.1. The number of aromatic nitrogens is 2. The van der Waals surface area contributed by atoms with E-state index in [1.54, 1.807) is 0 Å². The topological polar surface area (TPSA) is 34.4 Å². The van der Waals surface area contributed by atoms with Crippen LogP contribution in [-0.2, 0) is 0 Å². The Morgan fingerprint density at radius 3 is 2.29 bits per heavy atom. The first-order valence-corrected chi connectivity index (χ1v) is 7.21. The van der Waals surface area contributed by atoms with Gasteiger partial charge in [0.2, 0.25) is 0 Å². The van der Waals surface area contributed by atoms with E-state index in [9.17, 15) is 4.79 Å². The molecular weight excluding hydrogens is 260 g/mol. The van der Waals surface area contributed by atoms with Gasteiger partial charge >= 0.3 is 0 Å². The van der Waals surface area contributed by atoms with Crippen molar-refractivity contribution < 1.29 is 4.79 Å². The Hall–Kier alpha value is -2.42. The van der Waals surface area contributed by atoms with Crippen LogP contribution in [0.3, 0.4) is 0 Å². The van der Waals surface area contributed by atoms with Crippen molar-refractivity contribution in [1.82, 2.24) is 9.38 Å². The van der Waals surface area contributed by atoms with Gasteiger partial charge in [-0.1, -0.05) is 49.7 Å². The van der Waals surface area contributed by atoms with Gasteiger partial charge in [0.25, 0.3) is 0 Å². The third-order valence-corrected chi connectivity index (χ3v) is 3.31. The summed E-state index contributed by atoms with van der Waals surface area (Å²) in [6, 6.07) is 13.9. The summed E-state index contributed by atoms with van der Waals surface area (Å²) < 4.78 is 1.89. The van der Waals surface area contributed by atoms with Crippen LogP contribution < -0.4 is 0 Å². The van der Waals surface area contributed by atoms with Gasteiger partial charge in [0, 0.05) is 11.3 Å².